The summed E-state index contributed by atoms with van der Waals surface area (Å²) in [5.41, 5.74) is 2.41. The molecular formula is C16H13FN2O. The van der Waals surface area contributed by atoms with Gasteiger partial charge < -0.3 is 4.74 Å². The van der Waals surface area contributed by atoms with Crippen LogP contribution in [0.2, 0.25) is 0 Å². The topological polar surface area (TPSA) is 35.0 Å². The van der Waals surface area contributed by atoms with Crippen molar-refractivity contribution < 1.29 is 9.13 Å². The predicted octanol–water partition coefficient (Wildman–Crippen LogP) is 4.18. The Hall–Kier alpha value is -2.49. The molecule has 0 fully saturated rings. The first-order chi connectivity index (χ1) is 9.65. The van der Waals surface area contributed by atoms with Gasteiger partial charge in [-0.25, -0.2) is 14.4 Å². The van der Waals surface area contributed by atoms with Gasteiger partial charge in [0.2, 0.25) is 5.88 Å². The van der Waals surface area contributed by atoms with Crippen LogP contribution in [0, 0.1) is 19.7 Å². The molecule has 1 heterocycles. The van der Waals surface area contributed by atoms with Crippen LogP contribution in [0.4, 0.5) is 4.39 Å². The van der Waals surface area contributed by atoms with Gasteiger partial charge in [0.1, 0.15) is 17.9 Å². The van der Waals surface area contributed by atoms with E-state index < -0.39 is 0 Å². The first kappa shape index (κ1) is 12.5. The smallest absolute Gasteiger partial charge is 0.230 e. The van der Waals surface area contributed by atoms with Crippen LogP contribution < -0.4 is 4.74 Å². The SMILES string of the molecule is Cc1cc(Oc2ncnc3cccc(C)c23)ccc1F. The van der Waals surface area contributed by atoms with Crippen LogP contribution >= 0.6 is 0 Å². The molecule has 0 atom stereocenters. The lowest BCUT2D eigenvalue weighted by Gasteiger charge is -2.09. The largest absolute Gasteiger partial charge is 0.438 e. The number of hydrogen-bond acceptors (Lipinski definition) is 3. The first-order valence-corrected chi connectivity index (χ1v) is 6.29. The molecule has 0 spiro atoms. The Morgan fingerprint density at radius 2 is 1.85 bits per heavy atom. The third-order valence-electron chi connectivity index (χ3n) is 3.18. The highest BCUT2D eigenvalue weighted by Gasteiger charge is 2.09. The molecule has 0 aliphatic carbocycles. The van der Waals surface area contributed by atoms with Crippen LogP contribution in [0.5, 0.6) is 11.6 Å². The molecule has 100 valence electrons. The Kier molecular flexibility index (Phi) is 3.06. The number of nitrogens with zero attached hydrogens (tertiary/aromatic N) is 2. The predicted molar refractivity (Wildman–Crippen MR) is 75.5 cm³/mol. The van der Waals surface area contributed by atoms with Crippen LogP contribution in [0.25, 0.3) is 10.9 Å². The lowest BCUT2D eigenvalue weighted by atomic mass is 10.1. The number of hydrogen-bond donors (Lipinski definition) is 0. The summed E-state index contributed by atoms with van der Waals surface area (Å²) in [6, 6.07) is 10.5. The van der Waals surface area contributed by atoms with E-state index in [1.165, 1.54) is 12.4 Å². The van der Waals surface area contributed by atoms with Crippen LogP contribution in [0.3, 0.4) is 0 Å². The summed E-state index contributed by atoms with van der Waals surface area (Å²) in [6.07, 6.45) is 1.47. The summed E-state index contributed by atoms with van der Waals surface area (Å²) in [5.74, 6) is 0.798. The molecule has 0 saturated heterocycles. The van der Waals surface area contributed by atoms with Crippen LogP contribution in [0.15, 0.2) is 42.7 Å². The molecule has 0 radical (unpaired) electrons. The second-order valence-corrected chi connectivity index (χ2v) is 4.66. The minimum atomic E-state index is -0.249. The number of benzene rings is 2. The highest BCUT2D eigenvalue weighted by Crippen LogP contribution is 2.29. The van der Waals surface area contributed by atoms with E-state index in [9.17, 15) is 4.39 Å². The number of fused-ring (bicyclic) bond motifs is 1. The van der Waals surface area contributed by atoms with Crippen LogP contribution in [-0.2, 0) is 0 Å². The molecule has 3 nitrogen and oxygen atoms in total. The van der Waals surface area contributed by atoms with E-state index in [1.807, 2.05) is 25.1 Å². The number of aryl methyl sites for hydroxylation is 2. The van der Waals surface area contributed by atoms with Crippen molar-refractivity contribution in [2.24, 2.45) is 0 Å². The monoisotopic (exact) mass is 268 g/mol. The Labute approximate surface area is 116 Å². The Morgan fingerprint density at radius 1 is 1.00 bits per heavy atom. The minimum Gasteiger partial charge on any atom is -0.438 e. The summed E-state index contributed by atoms with van der Waals surface area (Å²) >= 11 is 0. The van der Waals surface area contributed by atoms with E-state index in [4.69, 9.17) is 4.74 Å². The standard InChI is InChI=1S/C16H13FN2O/c1-10-4-3-5-14-15(10)16(19-9-18-14)20-12-6-7-13(17)11(2)8-12/h3-9H,1-2H3. The fourth-order valence-electron chi connectivity index (χ4n) is 2.12. The van der Waals surface area contributed by atoms with Crippen molar-refractivity contribution in [2.45, 2.75) is 13.8 Å². The molecule has 0 bridgehead atoms. The zero-order valence-corrected chi connectivity index (χ0v) is 11.2. The maximum atomic E-state index is 13.3. The van der Waals surface area contributed by atoms with Gasteiger partial charge >= 0.3 is 0 Å². The summed E-state index contributed by atoms with van der Waals surface area (Å²) < 4.78 is 19.1. The lowest BCUT2D eigenvalue weighted by molar-refractivity contribution is 0.465. The van der Waals surface area contributed by atoms with Gasteiger partial charge in [0, 0.05) is 0 Å². The normalized spacial score (nSPS) is 10.8. The third-order valence-corrected chi connectivity index (χ3v) is 3.18. The van der Waals surface area contributed by atoms with Gasteiger partial charge in [-0.2, -0.15) is 0 Å². The Bertz CT molecular complexity index is 781. The Balaban J connectivity index is 2.08. The molecule has 3 aromatic rings. The molecule has 1 aromatic heterocycles. The summed E-state index contributed by atoms with van der Waals surface area (Å²) in [5, 5.41) is 0.872. The molecule has 2 aromatic carbocycles. The van der Waals surface area contributed by atoms with Gasteiger partial charge in [0.05, 0.1) is 10.9 Å². The quantitative estimate of drug-likeness (QED) is 0.699. The molecule has 0 aliphatic rings. The number of rotatable bonds is 2. The minimum absolute atomic E-state index is 0.249. The summed E-state index contributed by atoms with van der Waals surface area (Å²) in [4.78, 5) is 8.41. The summed E-state index contributed by atoms with van der Waals surface area (Å²) in [6.45, 7) is 3.68. The number of aromatic nitrogens is 2. The maximum absolute atomic E-state index is 13.3. The first-order valence-electron chi connectivity index (χ1n) is 6.29. The Morgan fingerprint density at radius 3 is 2.65 bits per heavy atom. The van der Waals surface area contributed by atoms with Crippen molar-refractivity contribution in [1.82, 2.24) is 9.97 Å². The third kappa shape index (κ3) is 2.20. The average molecular weight is 268 g/mol. The highest BCUT2D eigenvalue weighted by atomic mass is 19.1. The molecule has 0 saturated carbocycles. The van der Waals surface area contributed by atoms with Crippen LogP contribution in [-0.4, -0.2) is 9.97 Å². The van der Waals surface area contributed by atoms with Gasteiger partial charge in [-0.15, -0.1) is 0 Å². The highest BCUT2D eigenvalue weighted by molar-refractivity contribution is 5.86. The van der Waals surface area contributed by atoms with E-state index in [0.29, 0.717) is 17.2 Å². The van der Waals surface area contributed by atoms with Crippen molar-refractivity contribution in [3.8, 4) is 11.6 Å². The molecule has 0 amide bonds. The lowest BCUT2D eigenvalue weighted by Crippen LogP contribution is -1.94. The molecule has 20 heavy (non-hydrogen) atoms. The van der Waals surface area contributed by atoms with Crippen molar-refractivity contribution in [1.29, 1.82) is 0 Å². The van der Waals surface area contributed by atoms with E-state index in [1.54, 1.807) is 19.1 Å². The van der Waals surface area contributed by atoms with Gasteiger partial charge in [0.25, 0.3) is 0 Å². The number of halogens is 1. The van der Waals surface area contributed by atoms with E-state index in [-0.39, 0.29) is 5.82 Å². The number of ether oxygens (including phenoxy) is 1. The van der Waals surface area contributed by atoms with Gasteiger partial charge in [-0.3, -0.25) is 0 Å². The van der Waals surface area contributed by atoms with Gasteiger partial charge in [-0.1, -0.05) is 12.1 Å². The molecule has 0 unspecified atom stereocenters. The second kappa shape index (κ2) is 4.89. The van der Waals surface area contributed by atoms with Crippen molar-refractivity contribution in [2.75, 3.05) is 0 Å². The summed E-state index contributed by atoms with van der Waals surface area (Å²) in [7, 11) is 0. The molecule has 4 heteroatoms. The molecular weight excluding hydrogens is 255 g/mol. The van der Waals surface area contributed by atoms with Gasteiger partial charge in [-0.05, 0) is 49.2 Å². The fraction of sp³-hybridized carbons (Fsp3) is 0.125. The fourth-order valence-corrected chi connectivity index (χ4v) is 2.12. The van der Waals surface area contributed by atoms with Crippen molar-refractivity contribution in [3.05, 3.63) is 59.7 Å². The van der Waals surface area contributed by atoms with E-state index in [0.717, 1.165) is 16.5 Å². The molecule has 0 aliphatic heterocycles. The molecule has 3 rings (SSSR count). The van der Waals surface area contributed by atoms with Crippen molar-refractivity contribution in [3.63, 3.8) is 0 Å². The van der Waals surface area contributed by atoms with E-state index in [2.05, 4.69) is 9.97 Å². The van der Waals surface area contributed by atoms with Gasteiger partial charge in [0.15, 0.2) is 0 Å². The zero-order valence-electron chi connectivity index (χ0n) is 11.2. The van der Waals surface area contributed by atoms with Crippen LogP contribution in [0.1, 0.15) is 11.1 Å². The zero-order chi connectivity index (χ0) is 14.1. The molecule has 0 N–H and O–H groups in total. The van der Waals surface area contributed by atoms with E-state index >= 15 is 0 Å². The maximum Gasteiger partial charge on any atom is 0.230 e. The average Bonchev–Trinajstić information content (AvgIpc) is 2.43. The van der Waals surface area contributed by atoms with Crippen molar-refractivity contribution >= 4 is 10.9 Å². The second-order valence-electron chi connectivity index (χ2n) is 4.66.